The molecule has 0 amide bonds. The van der Waals surface area contributed by atoms with Gasteiger partial charge in [0.05, 0.1) is 0 Å². The molecule has 0 aliphatic heterocycles. The molecule has 0 spiro atoms. The zero-order valence-corrected chi connectivity index (χ0v) is 19.8. The molecule has 0 nitrogen and oxygen atoms in total. The van der Waals surface area contributed by atoms with Gasteiger partial charge in [0.1, 0.15) is 0 Å². The normalized spacial score (nSPS) is 13.2. The first-order valence-corrected chi connectivity index (χ1v) is 12.1. The predicted octanol–water partition coefficient (Wildman–Crippen LogP) is 5.39. The maximum atomic E-state index is 3.25. The zero-order valence-electron chi connectivity index (χ0n) is 14.3. The van der Waals surface area contributed by atoms with Crippen LogP contribution >= 0.6 is 24.8 Å². The SMILES string of the molecule is CC1=[C-]CC=C1C.CC1=[C-]CC=C1C.Cl.Cl.[CH2-]C.[CH3-].[SiH2]=[Zr]. The van der Waals surface area contributed by atoms with Gasteiger partial charge in [0, 0.05) is 0 Å². The van der Waals surface area contributed by atoms with Crippen LogP contribution in [-0.2, 0) is 23.3 Å². The molecule has 124 valence electrons. The van der Waals surface area contributed by atoms with Crippen LogP contribution in [0.3, 0.4) is 0 Å². The third-order valence-corrected chi connectivity index (χ3v) is 2.73. The van der Waals surface area contributed by atoms with Gasteiger partial charge in [0.2, 0.25) is 0 Å². The van der Waals surface area contributed by atoms with Crippen LogP contribution in [0.25, 0.3) is 0 Å². The van der Waals surface area contributed by atoms with Gasteiger partial charge in [-0.05, 0) is 0 Å². The van der Waals surface area contributed by atoms with Crippen LogP contribution in [0, 0.1) is 26.5 Å². The molecule has 0 atom stereocenters. The van der Waals surface area contributed by atoms with E-state index in [2.05, 4.69) is 58.9 Å². The van der Waals surface area contributed by atoms with Crippen LogP contribution in [0.15, 0.2) is 34.4 Å². The van der Waals surface area contributed by atoms with Gasteiger partial charge in [-0.3, -0.25) is 12.2 Å². The van der Waals surface area contributed by atoms with Crippen molar-refractivity contribution in [2.24, 2.45) is 0 Å². The topological polar surface area (TPSA) is 0 Å². The average molecular weight is 425 g/mol. The molecular weight excluding hydrogens is 394 g/mol. The molecular formula is C17H30Cl2SiZr-4. The van der Waals surface area contributed by atoms with Gasteiger partial charge >= 0.3 is 30.2 Å². The van der Waals surface area contributed by atoms with E-state index in [1.165, 1.54) is 22.3 Å². The van der Waals surface area contributed by atoms with Crippen molar-refractivity contribution >= 4 is 31.7 Å². The van der Waals surface area contributed by atoms with Crippen molar-refractivity contribution in [1.82, 2.24) is 0 Å². The van der Waals surface area contributed by atoms with Gasteiger partial charge < -0.3 is 14.4 Å². The van der Waals surface area contributed by atoms with Crippen LogP contribution in [0.2, 0.25) is 0 Å². The van der Waals surface area contributed by atoms with Crippen molar-refractivity contribution in [2.45, 2.75) is 47.5 Å². The van der Waals surface area contributed by atoms with Crippen molar-refractivity contribution in [1.29, 1.82) is 0 Å². The summed E-state index contributed by atoms with van der Waals surface area (Å²) in [6, 6.07) is 0. The summed E-state index contributed by atoms with van der Waals surface area (Å²) >= 11 is 1.58. The first-order valence-electron chi connectivity index (χ1n) is 6.16. The summed E-state index contributed by atoms with van der Waals surface area (Å²) in [6.07, 6.45) is 12.8. The molecule has 0 aromatic heterocycles. The van der Waals surface area contributed by atoms with E-state index >= 15 is 0 Å². The van der Waals surface area contributed by atoms with E-state index in [9.17, 15) is 0 Å². The molecule has 0 saturated heterocycles. The summed E-state index contributed by atoms with van der Waals surface area (Å²) in [5, 5.41) is 0. The summed E-state index contributed by atoms with van der Waals surface area (Å²) in [6.45, 7) is 15.4. The summed E-state index contributed by atoms with van der Waals surface area (Å²) in [5.41, 5.74) is 5.42. The fraction of sp³-hybridized carbons (Fsp3) is 0.412. The molecule has 2 aliphatic rings. The van der Waals surface area contributed by atoms with Crippen LogP contribution < -0.4 is 0 Å². The van der Waals surface area contributed by atoms with E-state index in [1.54, 1.807) is 30.3 Å². The Morgan fingerprint density at radius 2 is 1.10 bits per heavy atom. The Morgan fingerprint density at radius 3 is 1.14 bits per heavy atom. The van der Waals surface area contributed by atoms with Crippen molar-refractivity contribution in [3.05, 3.63) is 60.9 Å². The van der Waals surface area contributed by atoms with E-state index in [0.717, 1.165) is 12.8 Å². The second-order valence-corrected chi connectivity index (χ2v) is 3.79. The average Bonchev–Trinajstić information content (AvgIpc) is 2.96. The Labute approximate surface area is 162 Å². The minimum absolute atomic E-state index is 0. The van der Waals surface area contributed by atoms with Gasteiger partial charge in [-0.2, -0.15) is 19.1 Å². The zero-order chi connectivity index (χ0) is 14.6. The molecule has 2 rings (SSSR count). The Kier molecular flexibility index (Phi) is 36.3. The molecule has 0 unspecified atom stereocenters. The number of halogens is 2. The number of rotatable bonds is 0. The van der Waals surface area contributed by atoms with Crippen LogP contribution in [0.5, 0.6) is 0 Å². The number of hydrogen-bond acceptors (Lipinski definition) is 0. The van der Waals surface area contributed by atoms with Crippen molar-refractivity contribution < 1.29 is 23.3 Å². The molecule has 0 radical (unpaired) electrons. The molecule has 0 fully saturated rings. The Bertz CT molecular complexity index is 290. The summed E-state index contributed by atoms with van der Waals surface area (Å²) in [5.74, 6) is 0. The molecule has 0 bridgehead atoms. The first-order chi connectivity index (χ1) is 8.61. The molecule has 4 heteroatoms. The fourth-order valence-corrected chi connectivity index (χ4v) is 1.30. The standard InChI is InChI=1S/2C7H9.C2H5.CH3.2ClH.H2Si.Zr/c2*1-6-4-3-5-7(6)2;1-2;;;;;/h2*4H,3H2,1-2H3;1H2,2H3;1H3;2*1H;1H2;/q4*-1;;;;. The maximum absolute atomic E-state index is 3.25. The number of allylic oxidation sites excluding steroid dienone is 8. The van der Waals surface area contributed by atoms with E-state index in [0.29, 0.717) is 0 Å². The Hall–Kier alpha value is 0.640. The molecule has 21 heavy (non-hydrogen) atoms. The second-order valence-electron chi connectivity index (χ2n) is 3.79. The third kappa shape index (κ3) is 16.8. The van der Waals surface area contributed by atoms with Gasteiger partial charge in [-0.15, -0.1) is 51.5 Å². The van der Waals surface area contributed by atoms with Crippen LogP contribution in [0.4, 0.5) is 0 Å². The fourth-order valence-electron chi connectivity index (χ4n) is 1.30. The van der Waals surface area contributed by atoms with Gasteiger partial charge in [0.15, 0.2) is 0 Å². The monoisotopic (exact) mass is 422 g/mol. The van der Waals surface area contributed by atoms with E-state index in [1.807, 2.05) is 6.88 Å². The quantitative estimate of drug-likeness (QED) is 0.361. The second kappa shape index (κ2) is 22.9. The van der Waals surface area contributed by atoms with Crippen LogP contribution in [-0.4, -0.2) is 6.88 Å². The molecule has 0 heterocycles. The number of hydrogen-bond donors (Lipinski definition) is 0. The van der Waals surface area contributed by atoms with Crippen LogP contribution in [0.1, 0.15) is 47.5 Å². The minimum atomic E-state index is 0. The predicted molar refractivity (Wildman–Crippen MR) is 102 cm³/mol. The first kappa shape index (κ1) is 33.3. The van der Waals surface area contributed by atoms with Gasteiger partial charge in [-0.25, -0.2) is 22.3 Å². The molecule has 2 aliphatic carbocycles. The summed E-state index contributed by atoms with van der Waals surface area (Å²) < 4.78 is 0. The van der Waals surface area contributed by atoms with Gasteiger partial charge in [-0.1, -0.05) is 13.8 Å². The van der Waals surface area contributed by atoms with E-state index in [-0.39, 0.29) is 32.2 Å². The molecule has 0 N–H and O–H groups in total. The molecule has 0 aromatic rings. The van der Waals surface area contributed by atoms with Crippen molar-refractivity contribution in [3.8, 4) is 0 Å². The third-order valence-electron chi connectivity index (χ3n) is 2.73. The molecule has 0 saturated carbocycles. The van der Waals surface area contributed by atoms with E-state index in [4.69, 9.17) is 0 Å². The van der Waals surface area contributed by atoms with Crippen molar-refractivity contribution in [3.63, 3.8) is 0 Å². The summed E-state index contributed by atoms with van der Waals surface area (Å²) in [4.78, 5) is 0. The Balaban J connectivity index is -0.0000000589. The van der Waals surface area contributed by atoms with E-state index < -0.39 is 0 Å². The summed E-state index contributed by atoms with van der Waals surface area (Å²) in [7, 11) is 0. The van der Waals surface area contributed by atoms with Crippen molar-refractivity contribution in [2.75, 3.05) is 0 Å². The molecule has 0 aromatic carbocycles. The Morgan fingerprint density at radius 1 is 0.857 bits per heavy atom. The van der Waals surface area contributed by atoms with Gasteiger partial charge in [0.25, 0.3) is 0 Å².